The molecule has 2 amide bonds. The van der Waals surface area contributed by atoms with Crippen LogP contribution >= 0.6 is 0 Å². The van der Waals surface area contributed by atoms with E-state index in [1.165, 1.54) is 0 Å². The van der Waals surface area contributed by atoms with Crippen molar-refractivity contribution in [2.45, 2.75) is 46.0 Å². The number of carbonyl (C=O) groups excluding carboxylic acids is 4. The smallest absolute Gasteiger partial charge is 0.338 e. The van der Waals surface area contributed by atoms with Crippen molar-refractivity contribution in [3.63, 3.8) is 0 Å². The van der Waals surface area contributed by atoms with Crippen LogP contribution in [0.3, 0.4) is 0 Å². The highest BCUT2D eigenvalue weighted by atomic mass is 16.5. The Hall–Kier alpha value is -3.68. The van der Waals surface area contributed by atoms with E-state index in [9.17, 15) is 19.2 Å². The molecule has 2 N–H and O–H groups in total. The van der Waals surface area contributed by atoms with Gasteiger partial charge in [0.2, 0.25) is 5.91 Å². The van der Waals surface area contributed by atoms with Crippen LogP contribution in [0.5, 0.6) is 0 Å². The quantitative estimate of drug-likeness (QED) is 0.367. The largest absolute Gasteiger partial charge is 0.462 e. The number of hydrogen-bond donors (Lipinski definition) is 2. The highest BCUT2D eigenvalue weighted by Crippen LogP contribution is 2.12. The van der Waals surface area contributed by atoms with Gasteiger partial charge in [0.15, 0.2) is 6.61 Å². The lowest BCUT2D eigenvalue weighted by Crippen LogP contribution is -2.21. The molecule has 2 aromatic carbocycles. The Morgan fingerprint density at radius 3 is 2.24 bits per heavy atom. The van der Waals surface area contributed by atoms with E-state index in [1.807, 2.05) is 19.1 Å². The van der Waals surface area contributed by atoms with Gasteiger partial charge in [-0.15, -0.1) is 0 Å². The Balaban J connectivity index is 1.67. The van der Waals surface area contributed by atoms with Gasteiger partial charge in [-0.25, -0.2) is 4.79 Å². The second-order valence-electron chi connectivity index (χ2n) is 7.55. The molecule has 0 bridgehead atoms. The summed E-state index contributed by atoms with van der Waals surface area (Å²) < 4.78 is 10.1. The van der Waals surface area contributed by atoms with E-state index in [0.29, 0.717) is 23.5 Å². The van der Waals surface area contributed by atoms with Crippen molar-refractivity contribution in [1.29, 1.82) is 0 Å². The molecule has 0 saturated heterocycles. The van der Waals surface area contributed by atoms with Crippen LogP contribution in [0, 0.1) is 6.92 Å². The third kappa shape index (κ3) is 9.99. The minimum atomic E-state index is -0.647. The van der Waals surface area contributed by atoms with Gasteiger partial charge in [0.1, 0.15) is 0 Å². The van der Waals surface area contributed by atoms with Crippen LogP contribution in [0.2, 0.25) is 0 Å². The molecule has 0 spiro atoms. The fourth-order valence-corrected chi connectivity index (χ4v) is 2.87. The Morgan fingerprint density at radius 2 is 1.55 bits per heavy atom. The van der Waals surface area contributed by atoms with Crippen molar-refractivity contribution in [3.05, 3.63) is 59.7 Å². The van der Waals surface area contributed by atoms with Crippen LogP contribution < -0.4 is 10.6 Å². The first-order chi connectivity index (χ1) is 15.9. The fourth-order valence-electron chi connectivity index (χ4n) is 2.87. The van der Waals surface area contributed by atoms with Gasteiger partial charge in [-0.2, -0.15) is 0 Å². The molecular weight excluding hydrogens is 424 g/mol. The van der Waals surface area contributed by atoms with Gasteiger partial charge < -0.3 is 20.1 Å². The number of rotatable bonds is 12. The number of anilines is 2. The Morgan fingerprint density at radius 1 is 0.818 bits per heavy atom. The van der Waals surface area contributed by atoms with E-state index in [0.717, 1.165) is 24.8 Å². The molecule has 0 fully saturated rings. The summed E-state index contributed by atoms with van der Waals surface area (Å²) in [4.78, 5) is 47.7. The summed E-state index contributed by atoms with van der Waals surface area (Å²) in [5.41, 5.74) is 2.50. The summed E-state index contributed by atoms with van der Waals surface area (Å²) in [6.45, 7) is 3.93. The van der Waals surface area contributed by atoms with Gasteiger partial charge >= 0.3 is 11.9 Å². The molecule has 0 unspecified atom stereocenters. The topological polar surface area (TPSA) is 111 Å². The number of aryl methyl sites for hydroxylation is 1. The summed E-state index contributed by atoms with van der Waals surface area (Å²) in [7, 11) is 0. The predicted octanol–water partition coefficient (Wildman–Crippen LogP) is 4.24. The minimum absolute atomic E-state index is 0.0977. The molecule has 0 aromatic heterocycles. The maximum Gasteiger partial charge on any atom is 0.338 e. The monoisotopic (exact) mass is 454 g/mol. The van der Waals surface area contributed by atoms with E-state index >= 15 is 0 Å². The van der Waals surface area contributed by atoms with Gasteiger partial charge in [-0.3, -0.25) is 14.4 Å². The zero-order valence-corrected chi connectivity index (χ0v) is 19.0. The molecule has 0 radical (unpaired) electrons. The summed E-state index contributed by atoms with van der Waals surface area (Å²) in [6.07, 6.45) is 2.63. The first kappa shape index (κ1) is 25.6. The lowest BCUT2D eigenvalue weighted by atomic mass is 10.2. The maximum absolute atomic E-state index is 12.1. The third-order valence-electron chi connectivity index (χ3n) is 4.61. The van der Waals surface area contributed by atoms with Crippen LogP contribution in [0.1, 0.15) is 54.9 Å². The molecule has 8 nitrogen and oxygen atoms in total. The normalized spacial score (nSPS) is 10.2. The second-order valence-corrected chi connectivity index (χ2v) is 7.55. The van der Waals surface area contributed by atoms with Crippen LogP contribution in [-0.2, 0) is 23.9 Å². The average Bonchev–Trinajstić information content (AvgIpc) is 2.79. The summed E-state index contributed by atoms with van der Waals surface area (Å²) in [5, 5.41) is 5.28. The molecule has 0 aliphatic carbocycles. The number of amides is 2. The molecule has 0 saturated carbocycles. The first-order valence-corrected chi connectivity index (χ1v) is 11.0. The molecule has 0 heterocycles. The standard InChI is InChI=1S/C25H30N2O6/c1-3-4-5-15-32-25(31)19-9-11-20(12-10-19)26-22(28)13-14-24(30)33-17-23(29)27-21-8-6-7-18(2)16-21/h6-12,16H,3-5,13-15,17H2,1-2H3,(H,26,28)(H,27,29). The molecule has 8 heteroatoms. The van der Waals surface area contributed by atoms with E-state index < -0.39 is 24.5 Å². The van der Waals surface area contributed by atoms with Crippen molar-refractivity contribution in [1.82, 2.24) is 0 Å². The predicted molar refractivity (Wildman–Crippen MR) is 125 cm³/mol. The van der Waals surface area contributed by atoms with Crippen molar-refractivity contribution in [3.8, 4) is 0 Å². The fraction of sp³-hybridized carbons (Fsp3) is 0.360. The molecule has 176 valence electrons. The first-order valence-electron chi connectivity index (χ1n) is 11.0. The molecule has 2 rings (SSSR count). The number of carbonyl (C=O) groups is 4. The van der Waals surface area contributed by atoms with Crippen LogP contribution in [0.25, 0.3) is 0 Å². The SMILES string of the molecule is CCCCCOC(=O)c1ccc(NC(=O)CCC(=O)OCC(=O)Nc2cccc(C)c2)cc1. The Bertz CT molecular complexity index is 956. The number of ether oxygens (including phenoxy) is 2. The van der Waals surface area contributed by atoms with Crippen molar-refractivity contribution >= 4 is 35.1 Å². The van der Waals surface area contributed by atoms with Crippen LogP contribution in [-0.4, -0.2) is 37.0 Å². The van der Waals surface area contributed by atoms with Crippen molar-refractivity contribution < 1.29 is 28.7 Å². The van der Waals surface area contributed by atoms with E-state index in [1.54, 1.807) is 36.4 Å². The number of nitrogens with one attached hydrogen (secondary N) is 2. The van der Waals surface area contributed by atoms with Gasteiger partial charge in [0.05, 0.1) is 18.6 Å². The van der Waals surface area contributed by atoms with E-state index in [-0.39, 0.29) is 18.7 Å². The van der Waals surface area contributed by atoms with Crippen molar-refractivity contribution in [2.75, 3.05) is 23.8 Å². The molecule has 2 aromatic rings. The maximum atomic E-state index is 12.1. The lowest BCUT2D eigenvalue weighted by Gasteiger charge is -2.08. The summed E-state index contributed by atoms with van der Waals surface area (Å²) in [5.74, 6) is -1.89. The molecule has 33 heavy (non-hydrogen) atoms. The Labute approximate surface area is 193 Å². The molecule has 0 atom stereocenters. The number of esters is 2. The molecule has 0 aliphatic rings. The lowest BCUT2D eigenvalue weighted by molar-refractivity contribution is -0.147. The van der Waals surface area contributed by atoms with Crippen LogP contribution in [0.4, 0.5) is 11.4 Å². The highest BCUT2D eigenvalue weighted by molar-refractivity contribution is 5.95. The van der Waals surface area contributed by atoms with Gasteiger partial charge in [0, 0.05) is 17.8 Å². The average molecular weight is 455 g/mol. The van der Waals surface area contributed by atoms with Gasteiger partial charge in [-0.05, 0) is 55.3 Å². The van der Waals surface area contributed by atoms with Crippen LogP contribution in [0.15, 0.2) is 48.5 Å². The van der Waals surface area contributed by atoms with Gasteiger partial charge in [-0.1, -0.05) is 31.9 Å². The molecular formula is C25H30N2O6. The zero-order chi connectivity index (χ0) is 24.1. The third-order valence-corrected chi connectivity index (χ3v) is 4.61. The van der Waals surface area contributed by atoms with Crippen molar-refractivity contribution in [2.24, 2.45) is 0 Å². The number of benzene rings is 2. The zero-order valence-electron chi connectivity index (χ0n) is 19.0. The summed E-state index contributed by atoms with van der Waals surface area (Å²) >= 11 is 0. The van der Waals surface area contributed by atoms with Gasteiger partial charge in [0.25, 0.3) is 5.91 Å². The number of hydrogen-bond acceptors (Lipinski definition) is 6. The van der Waals surface area contributed by atoms with E-state index in [2.05, 4.69) is 17.6 Å². The number of unbranched alkanes of at least 4 members (excludes halogenated alkanes) is 2. The minimum Gasteiger partial charge on any atom is -0.462 e. The highest BCUT2D eigenvalue weighted by Gasteiger charge is 2.12. The van der Waals surface area contributed by atoms with E-state index in [4.69, 9.17) is 9.47 Å². The molecule has 0 aliphatic heterocycles. The second kappa shape index (κ2) is 13.7. The Kier molecular flexibility index (Phi) is 10.6. The summed E-state index contributed by atoms with van der Waals surface area (Å²) in [6, 6.07) is 13.6.